The number of ether oxygens (including phenoxy) is 1. The first-order valence-electron chi connectivity index (χ1n) is 8.02. The Bertz CT molecular complexity index is 428. The molecule has 112 valence electrons. The summed E-state index contributed by atoms with van der Waals surface area (Å²) < 4.78 is 6.16. The van der Waals surface area contributed by atoms with Gasteiger partial charge in [-0.3, -0.25) is 0 Å². The summed E-state index contributed by atoms with van der Waals surface area (Å²) in [6.07, 6.45) is 8.46. The first kappa shape index (κ1) is 15.1. The van der Waals surface area contributed by atoms with Gasteiger partial charge in [-0.05, 0) is 39.0 Å². The lowest BCUT2D eigenvalue weighted by Crippen LogP contribution is -2.21. The SMILES string of the molecule is CCCNc1nc(CC)nc(OC2CCCCC2)c1C. The molecule has 0 unspecified atom stereocenters. The van der Waals surface area contributed by atoms with Gasteiger partial charge < -0.3 is 10.1 Å². The fourth-order valence-corrected chi connectivity index (χ4v) is 2.57. The molecule has 0 spiro atoms. The summed E-state index contributed by atoms with van der Waals surface area (Å²) >= 11 is 0. The third kappa shape index (κ3) is 3.84. The lowest BCUT2D eigenvalue weighted by Gasteiger charge is -2.24. The van der Waals surface area contributed by atoms with Crippen LogP contribution >= 0.6 is 0 Å². The molecule has 2 rings (SSSR count). The second kappa shape index (κ2) is 7.46. The average Bonchev–Trinajstić information content (AvgIpc) is 2.49. The van der Waals surface area contributed by atoms with Crippen molar-refractivity contribution in [1.29, 1.82) is 0 Å². The Labute approximate surface area is 122 Å². The van der Waals surface area contributed by atoms with E-state index < -0.39 is 0 Å². The van der Waals surface area contributed by atoms with Crippen molar-refractivity contribution in [3.63, 3.8) is 0 Å². The van der Waals surface area contributed by atoms with E-state index in [2.05, 4.69) is 36.1 Å². The second-order valence-corrected chi connectivity index (χ2v) is 5.58. The van der Waals surface area contributed by atoms with Gasteiger partial charge in [0.2, 0.25) is 5.88 Å². The molecule has 1 aliphatic rings. The van der Waals surface area contributed by atoms with Gasteiger partial charge in [-0.25, -0.2) is 4.98 Å². The summed E-state index contributed by atoms with van der Waals surface area (Å²) in [7, 11) is 0. The molecule has 0 atom stereocenters. The first-order chi connectivity index (χ1) is 9.74. The van der Waals surface area contributed by atoms with Gasteiger partial charge in [0, 0.05) is 13.0 Å². The quantitative estimate of drug-likeness (QED) is 0.857. The van der Waals surface area contributed by atoms with Gasteiger partial charge >= 0.3 is 0 Å². The lowest BCUT2D eigenvalue weighted by atomic mass is 9.98. The largest absolute Gasteiger partial charge is 0.474 e. The van der Waals surface area contributed by atoms with Crippen molar-refractivity contribution >= 4 is 5.82 Å². The molecule has 0 aromatic carbocycles. The number of nitrogens with one attached hydrogen (secondary N) is 1. The van der Waals surface area contributed by atoms with Crippen LogP contribution in [0, 0.1) is 6.92 Å². The summed E-state index contributed by atoms with van der Waals surface area (Å²) in [5.41, 5.74) is 1.04. The van der Waals surface area contributed by atoms with Crippen molar-refractivity contribution in [2.75, 3.05) is 11.9 Å². The predicted octanol–water partition coefficient (Wildman–Crippen LogP) is 3.88. The van der Waals surface area contributed by atoms with Gasteiger partial charge in [-0.2, -0.15) is 4.98 Å². The fourth-order valence-electron chi connectivity index (χ4n) is 2.57. The topological polar surface area (TPSA) is 47.0 Å². The minimum Gasteiger partial charge on any atom is -0.474 e. The zero-order valence-electron chi connectivity index (χ0n) is 13.0. The van der Waals surface area contributed by atoms with E-state index in [9.17, 15) is 0 Å². The Morgan fingerprint density at radius 1 is 1.15 bits per heavy atom. The fraction of sp³-hybridized carbons (Fsp3) is 0.750. The van der Waals surface area contributed by atoms with Gasteiger partial charge in [0.15, 0.2) is 0 Å². The van der Waals surface area contributed by atoms with Crippen molar-refractivity contribution < 1.29 is 4.74 Å². The van der Waals surface area contributed by atoms with Crippen LogP contribution in [0.5, 0.6) is 5.88 Å². The molecular formula is C16H27N3O. The summed E-state index contributed by atoms with van der Waals surface area (Å²) in [6.45, 7) is 7.22. The van der Waals surface area contributed by atoms with Crippen LogP contribution in [-0.4, -0.2) is 22.6 Å². The molecule has 0 radical (unpaired) electrons. The van der Waals surface area contributed by atoms with Crippen molar-refractivity contribution in [3.05, 3.63) is 11.4 Å². The molecule has 0 bridgehead atoms. The number of nitrogens with zero attached hydrogens (tertiary/aromatic N) is 2. The highest BCUT2D eigenvalue weighted by Crippen LogP contribution is 2.27. The standard InChI is InChI=1S/C16H27N3O/c1-4-11-17-15-12(3)16(19-14(5-2)18-15)20-13-9-7-6-8-10-13/h13H,4-11H2,1-3H3,(H,17,18,19). The van der Waals surface area contributed by atoms with Crippen LogP contribution in [0.4, 0.5) is 5.82 Å². The van der Waals surface area contributed by atoms with Crippen molar-refractivity contribution in [1.82, 2.24) is 9.97 Å². The van der Waals surface area contributed by atoms with Gasteiger partial charge in [-0.1, -0.05) is 20.3 Å². The second-order valence-electron chi connectivity index (χ2n) is 5.58. The maximum atomic E-state index is 6.16. The highest BCUT2D eigenvalue weighted by Gasteiger charge is 2.18. The highest BCUT2D eigenvalue weighted by molar-refractivity contribution is 5.48. The van der Waals surface area contributed by atoms with Crippen molar-refractivity contribution in [3.8, 4) is 5.88 Å². The number of aromatic nitrogens is 2. The van der Waals surface area contributed by atoms with E-state index in [0.717, 1.165) is 55.3 Å². The minimum absolute atomic E-state index is 0.334. The third-order valence-electron chi connectivity index (χ3n) is 3.84. The number of anilines is 1. The molecule has 20 heavy (non-hydrogen) atoms. The molecule has 1 aromatic heterocycles. The Hall–Kier alpha value is -1.32. The number of hydrogen-bond acceptors (Lipinski definition) is 4. The van der Waals surface area contributed by atoms with Crippen LogP contribution in [-0.2, 0) is 6.42 Å². The molecule has 1 N–H and O–H groups in total. The zero-order chi connectivity index (χ0) is 14.4. The van der Waals surface area contributed by atoms with Crippen LogP contribution in [0.2, 0.25) is 0 Å². The van der Waals surface area contributed by atoms with Gasteiger partial charge in [0.25, 0.3) is 0 Å². The lowest BCUT2D eigenvalue weighted by molar-refractivity contribution is 0.147. The van der Waals surface area contributed by atoms with Crippen molar-refractivity contribution in [2.24, 2.45) is 0 Å². The normalized spacial score (nSPS) is 16.1. The molecule has 0 aliphatic heterocycles. The third-order valence-corrected chi connectivity index (χ3v) is 3.84. The molecule has 1 fully saturated rings. The predicted molar refractivity (Wildman–Crippen MR) is 82.4 cm³/mol. The van der Waals surface area contributed by atoms with E-state index in [4.69, 9.17) is 4.74 Å². The molecular weight excluding hydrogens is 250 g/mol. The molecule has 0 saturated heterocycles. The Kier molecular flexibility index (Phi) is 5.62. The molecule has 1 heterocycles. The van der Waals surface area contributed by atoms with Crippen LogP contribution in [0.3, 0.4) is 0 Å². The maximum absolute atomic E-state index is 6.16. The number of rotatable bonds is 6. The Morgan fingerprint density at radius 3 is 2.55 bits per heavy atom. The van der Waals surface area contributed by atoms with E-state index in [1.54, 1.807) is 0 Å². The monoisotopic (exact) mass is 277 g/mol. The molecule has 0 amide bonds. The molecule has 4 nitrogen and oxygen atoms in total. The average molecular weight is 277 g/mol. The summed E-state index contributed by atoms with van der Waals surface area (Å²) in [5.74, 6) is 2.58. The van der Waals surface area contributed by atoms with Crippen LogP contribution in [0.1, 0.15) is 63.8 Å². The van der Waals surface area contributed by atoms with Gasteiger partial charge in [0.05, 0.1) is 5.56 Å². The number of hydrogen-bond donors (Lipinski definition) is 1. The van der Waals surface area contributed by atoms with Crippen LogP contribution in [0.25, 0.3) is 0 Å². The maximum Gasteiger partial charge on any atom is 0.222 e. The van der Waals surface area contributed by atoms with E-state index in [1.165, 1.54) is 19.3 Å². The summed E-state index contributed by atoms with van der Waals surface area (Å²) in [5, 5.41) is 3.38. The number of aryl methyl sites for hydroxylation is 1. The van der Waals surface area contributed by atoms with Gasteiger partial charge in [0.1, 0.15) is 17.7 Å². The van der Waals surface area contributed by atoms with Gasteiger partial charge in [-0.15, -0.1) is 0 Å². The smallest absolute Gasteiger partial charge is 0.222 e. The Balaban J connectivity index is 2.16. The molecule has 1 aromatic rings. The van der Waals surface area contributed by atoms with Crippen molar-refractivity contribution in [2.45, 2.75) is 71.8 Å². The van der Waals surface area contributed by atoms with Crippen LogP contribution < -0.4 is 10.1 Å². The van der Waals surface area contributed by atoms with E-state index in [1.807, 2.05) is 0 Å². The van der Waals surface area contributed by atoms with E-state index in [-0.39, 0.29) is 0 Å². The van der Waals surface area contributed by atoms with E-state index >= 15 is 0 Å². The highest BCUT2D eigenvalue weighted by atomic mass is 16.5. The zero-order valence-corrected chi connectivity index (χ0v) is 13.0. The minimum atomic E-state index is 0.334. The molecule has 4 heteroatoms. The van der Waals surface area contributed by atoms with E-state index in [0.29, 0.717) is 6.10 Å². The Morgan fingerprint density at radius 2 is 1.90 bits per heavy atom. The van der Waals surface area contributed by atoms with Crippen LogP contribution in [0.15, 0.2) is 0 Å². The summed E-state index contributed by atoms with van der Waals surface area (Å²) in [6, 6.07) is 0. The first-order valence-corrected chi connectivity index (χ1v) is 8.02. The molecule has 1 saturated carbocycles. The summed E-state index contributed by atoms with van der Waals surface area (Å²) in [4.78, 5) is 9.16. The molecule has 1 aliphatic carbocycles.